The Bertz CT molecular complexity index is 1010. The standard InChI is InChI=1S/C25H24O6/c1-28-19-14-20(29-2)23(21(15-19)30-3)24(26)22(18-12-8-5-9-13-18)25(27)31-16-17-10-6-4-7-11-17/h4-15,22H,16H2,1-3H3. The summed E-state index contributed by atoms with van der Waals surface area (Å²) in [7, 11) is 4.38. The van der Waals surface area contributed by atoms with Gasteiger partial charge in [0.1, 0.15) is 35.3 Å². The van der Waals surface area contributed by atoms with E-state index in [9.17, 15) is 9.59 Å². The maximum atomic E-state index is 13.7. The maximum Gasteiger partial charge on any atom is 0.321 e. The molecule has 3 rings (SSSR count). The molecule has 0 heterocycles. The van der Waals surface area contributed by atoms with Crippen molar-refractivity contribution in [2.75, 3.05) is 21.3 Å². The fourth-order valence-corrected chi connectivity index (χ4v) is 3.24. The van der Waals surface area contributed by atoms with E-state index in [-0.39, 0.29) is 23.7 Å². The van der Waals surface area contributed by atoms with Crippen LogP contribution in [0, 0.1) is 0 Å². The smallest absolute Gasteiger partial charge is 0.321 e. The van der Waals surface area contributed by atoms with Gasteiger partial charge in [0.05, 0.1) is 21.3 Å². The van der Waals surface area contributed by atoms with E-state index < -0.39 is 17.7 Å². The third-order valence-corrected chi connectivity index (χ3v) is 4.82. The van der Waals surface area contributed by atoms with Crippen LogP contribution in [0.3, 0.4) is 0 Å². The molecule has 0 aromatic heterocycles. The molecule has 0 saturated heterocycles. The van der Waals surface area contributed by atoms with Crippen LogP contribution in [0.2, 0.25) is 0 Å². The average Bonchev–Trinajstić information content (AvgIpc) is 2.83. The first-order valence-electron chi connectivity index (χ1n) is 9.68. The molecule has 0 radical (unpaired) electrons. The normalized spacial score (nSPS) is 11.3. The molecule has 160 valence electrons. The number of rotatable bonds is 9. The summed E-state index contributed by atoms with van der Waals surface area (Å²) in [6.07, 6.45) is 0. The molecule has 0 fully saturated rings. The van der Waals surface area contributed by atoms with Crippen molar-refractivity contribution in [3.8, 4) is 17.2 Å². The molecule has 0 saturated carbocycles. The van der Waals surface area contributed by atoms with Crippen molar-refractivity contribution < 1.29 is 28.5 Å². The van der Waals surface area contributed by atoms with Crippen LogP contribution in [-0.2, 0) is 16.1 Å². The topological polar surface area (TPSA) is 71.1 Å². The van der Waals surface area contributed by atoms with Crippen molar-refractivity contribution in [1.82, 2.24) is 0 Å². The summed E-state index contributed by atoms with van der Waals surface area (Å²) in [6.45, 7) is 0.0627. The molecule has 0 aliphatic heterocycles. The fraction of sp³-hybridized carbons (Fsp3) is 0.200. The van der Waals surface area contributed by atoms with Crippen LogP contribution in [-0.4, -0.2) is 33.1 Å². The van der Waals surface area contributed by atoms with Gasteiger partial charge in [-0.15, -0.1) is 0 Å². The van der Waals surface area contributed by atoms with Gasteiger partial charge in [0.25, 0.3) is 0 Å². The van der Waals surface area contributed by atoms with Crippen molar-refractivity contribution in [2.24, 2.45) is 0 Å². The van der Waals surface area contributed by atoms with Gasteiger partial charge in [0.2, 0.25) is 0 Å². The lowest BCUT2D eigenvalue weighted by Gasteiger charge is -2.19. The van der Waals surface area contributed by atoms with E-state index in [1.807, 2.05) is 36.4 Å². The second-order valence-electron chi connectivity index (χ2n) is 6.71. The largest absolute Gasteiger partial charge is 0.496 e. The van der Waals surface area contributed by atoms with E-state index in [2.05, 4.69) is 0 Å². The molecule has 6 heteroatoms. The Labute approximate surface area is 181 Å². The van der Waals surface area contributed by atoms with Gasteiger partial charge in [-0.25, -0.2) is 0 Å². The van der Waals surface area contributed by atoms with Crippen molar-refractivity contribution in [2.45, 2.75) is 12.5 Å². The van der Waals surface area contributed by atoms with E-state index in [4.69, 9.17) is 18.9 Å². The van der Waals surface area contributed by atoms with E-state index >= 15 is 0 Å². The van der Waals surface area contributed by atoms with E-state index in [0.29, 0.717) is 11.3 Å². The Morgan fingerprint density at radius 1 is 0.774 bits per heavy atom. The summed E-state index contributed by atoms with van der Waals surface area (Å²) in [5, 5.41) is 0. The zero-order valence-electron chi connectivity index (χ0n) is 17.7. The van der Waals surface area contributed by atoms with Crippen LogP contribution in [0.25, 0.3) is 0 Å². The summed E-state index contributed by atoms with van der Waals surface area (Å²) >= 11 is 0. The van der Waals surface area contributed by atoms with Crippen LogP contribution < -0.4 is 14.2 Å². The third kappa shape index (κ3) is 5.04. The van der Waals surface area contributed by atoms with Crippen LogP contribution in [0.15, 0.2) is 72.8 Å². The molecule has 0 N–H and O–H groups in total. The van der Waals surface area contributed by atoms with Crippen molar-refractivity contribution in [3.63, 3.8) is 0 Å². The van der Waals surface area contributed by atoms with Gasteiger partial charge in [-0.05, 0) is 11.1 Å². The zero-order chi connectivity index (χ0) is 22.2. The molecule has 31 heavy (non-hydrogen) atoms. The second-order valence-corrected chi connectivity index (χ2v) is 6.71. The predicted octanol–water partition coefficient (Wildman–Crippen LogP) is 4.42. The number of Topliss-reactive ketones (excluding diaryl/α,β-unsaturated/α-hetero) is 1. The molecule has 0 amide bonds. The monoisotopic (exact) mass is 420 g/mol. The zero-order valence-corrected chi connectivity index (χ0v) is 17.7. The number of esters is 1. The van der Waals surface area contributed by atoms with Gasteiger partial charge in [0, 0.05) is 12.1 Å². The lowest BCUT2D eigenvalue weighted by atomic mass is 9.89. The SMILES string of the molecule is COc1cc(OC)c(C(=O)C(C(=O)OCc2ccccc2)c2ccccc2)c(OC)c1. The highest BCUT2D eigenvalue weighted by atomic mass is 16.5. The number of ether oxygens (including phenoxy) is 4. The average molecular weight is 420 g/mol. The van der Waals surface area contributed by atoms with Crippen molar-refractivity contribution in [1.29, 1.82) is 0 Å². The number of hydrogen-bond acceptors (Lipinski definition) is 6. The van der Waals surface area contributed by atoms with Gasteiger partial charge in [-0.2, -0.15) is 0 Å². The number of benzene rings is 3. The minimum atomic E-state index is -1.18. The van der Waals surface area contributed by atoms with Gasteiger partial charge >= 0.3 is 5.97 Å². The van der Waals surface area contributed by atoms with Crippen LogP contribution in [0.5, 0.6) is 17.2 Å². The number of hydrogen-bond donors (Lipinski definition) is 0. The molecule has 6 nitrogen and oxygen atoms in total. The number of carbonyl (C=O) groups excluding carboxylic acids is 2. The Morgan fingerprint density at radius 3 is 1.84 bits per heavy atom. The first kappa shape index (κ1) is 21.9. The molecule has 1 atom stereocenters. The van der Waals surface area contributed by atoms with Crippen molar-refractivity contribution >= 4 is 11.8 Å². The predicted molar refractivity (Wildman–Crippen MR) is 116 cm³/mol. The van der Waals surface area contributed by atoms with Crippen LogP contribution >= 0.6 is 0 Å². The molecule has 0 aliphatic carbocycles. The molecule has 0 bridgehead atoms. The molecule has 3 aromatic carbocycles. The van der Waals surface area contributed by atoms with E-state index in [0.717, 1.165) is 5.56 Å². The van der Waals surface area contributed by atoms with E-state index in [1.165, 1.54) is 21.3 Å². The number of methoxy groups -OCH3 is 3. The Kier molecular flexibility index (Phi) is 7.27. The molecule has 1 unspecified atom stereocenters. The van der Waals surface area contributed by atoms with Gasteiger partial charge in [-0.1, -0.05) is 60.7 Å². The first-order chi connectivity index (χ1) is 15.1. The summed E-state index contributed by atoms with van der Waals surface area (Å²) in [5.74, 6) is -1.36. The second kappa shape index (κ2) is 10.3. The highest BCUT2D eigenvalue weighted by Gasteiger charge is 2.35. The fourth-order valence-electron chi connectivity index (χ4n) is 3.24. The number of carbonyl (C=O) groups is 2. The summed E-state index contributed by atoms with van der Waals surface area (Å²) in [5.41, 5.74) is 1.50. The summed E-state index contributed by atoms with van der Waals surface area (Å²) in [6, 6.07) is 21.2. The molecule has 0 spiro atoms. The highest BCUT2D eigenvalue weighted by molar-refractivity contribution is 6.15. The van der Waals surface area contributed by atoms with Gasteiger partial charge in [0.15, 0.2) is 5.78 Å². The molecular formula is C25H24O6. The first-order valence-corrected chi connectivity index (χ1v) is 9.68. The maximum absolute atomic E-state index is 13.7. The molecular weight excluding hydrogens is 396 g/mol. The quantitative estimate of drug-likeness (QED) is 0.290. The number of ketones is 1. The van der Waals surface area contributed by atoms with Crippen molar-refractivity contribution in [3.05, 3.63) is 89.5 Å². The van der Waals surface area contributed by atoms with Crippen LogP contribution in [0.4, 0.5) is 0 Å². The third-order valence-electron chi connectivity index (χ3n) is 4.82. The van der Waals surface area contributed by atoms with Gasteiger partial charge < -0.3 is 18.9 Å². The molecule has 0 aliphatic rings. The Hall–Kier alpha value is -3.80. The van der Waals surface area contributed by atoms with Gasteiger partial charge in [-0.3, -0.25) is 9.59 Å². The lowest BCUT2D eigenvalue weighted by Crippen LogP contribution is -2.25. The highest BCUT2D eigenvalue weighted by Crippen LogP contribution is 2.38. The summed E-state index contributed by atoms with van der Waals surface area (Å²) in [4.78, 5) is 26.8. The minimum absolute atomic E-state index is 0.0627. The minimum Gasteiger partial charge on any atom is -0.496 e. The molecule has 3 aromatic rings. The van der Waals surface area contributed by atoms with E-state index in [1.54, 1.807) is 36.4 Å². The Morgan fingerprint density at radius 2 is 1.32 bits per heavy atom. The summed E-state index contributed by atoms with van der Waals surface area (Å²) < 4.78 is 21.6. The lowest BCUT2D eigenvalue weighted by molar-refractivity contribution is -0.145. The Balaban J connectivity index is 2.00. The van der Waals surface area contributed by atoms with Crippen LogP contribution in [0.1, 0.15) is 27.4 Å².